The van der Waals surface area contributed by atoms with Gasteiger partial charge in [0, 0.05) is 22.8 Å². The highest BCUT2D eigenvalue weighted by molar-refractivity contribution is 9.10. The standard InChI is InChI=1S/C17H19BrN2O/c1-11-15(8-5-9-16(11)18)17(21)20(3)12(2)13-6-4-7-14(19)10-13/h4-10,12H,19H2,1-3H3. The lowest BCUT2D eigenvalue weighted by Crippen LogP contribution is -2.30. The van der Waals surface area contributed by atoms with E-state index in [4.69, 9.17) is 5.73 Å². The van der Waals surface area contributed by atoms with Crippen LogP contribution < -0.4 is 5.73 Å². The molecule has 110 valence electrons. The second kappa shape index (κ2) is 6.31. The summed E-state index contributed by atoms with van der Waals surface area (Å²) in [7, 11) is 1.82. The Labute approximate surface area is 133 Å². The van der Waals surface area contributed by atoms with Crippen molar-refractivity contribution in [2.24, 2.45) is 0 Å². The average Bonchev–Trinajstić information content (AvgIpc) is 2.48. The van der Waals surface area contributed by atoms with E-state index < -0.39 is 0 Å². The predicted molar refractivity (Wildman–Crippen MR) is 90.2 cm³/mol. The fourth-order valence-electron chi connectivity index (χ4n) is 2.25. The number of benzene rings is 2. The van der Waals surface area contributed by atoms with Crippen molar-refractivity contribution in [2.45, 2.75) is 19.9 Å². The summed E-state index contributed by atoms with van der Waals surface area (Å²) in [6, 6.07) is 13.3. The molecule has 0 fully saturated rings. The molecular formula is C17H19BrN2O. The van der Waals surface area contributed by atoms with Gasteiger partial charge in [0.25, 0.3) is 5.91 Å². The number of rotatable bonds is 3. The molecule has 0 bridgehead atoms. The number of anilines is 1. The predicted octanol–water partition coefficient (Wildman–Crippen LogP) is 4.17. The van der Waals surface area contributed by atoms with Crippen LogP contribution in [-0.4, -0.2) is 17.9 Å². The first-order valence-corrected chi connectivity index (χ1v) is 7.59. The summed E-state index contributed by atoms with van der Waals surface area (Å²) in [5, 5.41) is 0. The molecule has 2 aromatic rings. The number of nitrogens with zero attached hydrogens (tertiary/aromatic N) is 1. The van der Waals surface area contributed by atoms with Crippen LogP contribution in [0, 0.1) is 6.92 Å². The highest BCUT2D eigenvalue weighted by atomic mass is 79.9. The maximum absolute atomic E-state index is 12.7. The Bertz CT molecular complexity index is 670. The van der Waals surface area contributed by atoms with E-state index in [1.54, 1.807) is 4.90 Å². The van der Waals surface area contributed by atoms with Gasteiger partial charge in [-0.25, -0.2) is 0 Å². The number of hydrogen-bond donors (Lipinski definition) is 1. The van der Waals surface area contributed by atoms with Gasteiger partial charge >= 0.3 is 0 Å². The number of nitrogens with two attached hydrogens (primary N) is 1. The Morgan fingerprint density at radius 1 is 1.24 bits per heavy atom. The smallest absolute Gasteiger partial charge is 0.254 e. The lowest BCUT2D eigenvalue weighted by Gasteiger charge is -2.26. The highest BCUT2D eigenvalue weighted by Crippen LogP contribution is 2.25. The van der Waals surface area contributed by atoms with E-state index in [9.17, 15) is 4.79 Å². The molecule has 0 aromatic heterocycles. The Hall–Kier alpha value is -1.81. The minimum Gasteiger partial charge on any atom is -0.399 e. The SMILES string of the molecule is Cc1c(Br)cccc1C(=O)N(C)C(C)c1cccc(N)c1. The van der Waals surface area contributed by atoms with Gasteiger partial charge in [-0.1, -0.05) is 34.1 Å². The molecular weight excluding hydrogens is 328 g/mol. The summed E-state index contributed by atoms with van der Waals surface area (Å²) in [5.41, 5.74) is 9.22. The van der Waals surface area contributed by atoms with Crippen LogP contribution in [0.25, 0.3) is 0 Å². The molecule has 2 N–H and O–H groups in total. The molecule has 0 aliphatic rings. The van der Waals surface area contributed by atoms with Crippen molar-refractivity contribution in [2.75, 3.05) is 12.8 Å². The Kier molecular flexibility index (Phi) is 4.68. The lowest BCUT2D eigenvalue weighted by atomic mass is 10.0. The molecule has 3 nitrogen and oxygen atoms in total. The van der Waals surface area contributed by atoms with E-state index in [0.29, 0.717) is 11.3 Å². The maximum Gasteiger partial charge on any atom is 0.254 e. The minimum absolute atomic E-state index is 0.00345. The molecule has 1 atom stereocenters. The lowest BCUT2D eigenvalue weighted by molar-refractivity contribution is 0.0742. The molecule has 0 radical (unpaired) electrons. The Balaban J connectivity index is 2.29. The molecule has 0 aliphatic carbocycles. The highest BCUT2D eigenvalue weighted by Gasteiger charge is 2.20. The molecule has 0 saturated heterocycles. The van der Waals surface area contributed by atoms with Crippen LogP contribution >= 0.6 is 15.9 Å². The minimum atomic E-state index is -0.0422. The van der Waals surface area contributed by atoms with Crippen LogP contribution in [-0.2, 0) is 0 Å². The quantitative estimate of drug-likeness (QED) is 0.847. The molecule has 1 unspecified atom stereocenters. The van der Waals surface area contributed by atoms with Gasteiger partial charge in [-0.05, 0) is 49.2 Å². The van der Waals surface area contributed by atoms with Gasteiger partial charge in [-0.3, -0.25) is 4.79 Å². The maximum atomic E-state index is 12.7. The third-order valence-electron chi connectivity index (χ3n) is 3.79. The summed E-state index contributed by atoms with van der Waals surface area (Å²) < 4.78 is 0.943. The van der Waals surface area contributed by atoms with Crippen LogP contribution in [0.2, 0.25) is 0 Å². The Morgan fingerprint density at radius 2 is 1.90 bits per heavy atom. The van der Waals surface area contributed by atoms with Gasteiger partial charge < -0.3 is 10.6 Å². The molecule has 0 saturated carbocycles. The third kappa shape index (κ3) is 3.27. The van der Waals surface area contributed by atoms with Gasteiger partial charge in [0.05, 0.1) is 6.04 Å². The normalized spacial score (nSPS) is 12.0. The van der Waals surface area contributed by atoms with Crippen molar-refractivity contribution < 1.29 is 4.79 Å². The number of nitrogen functional groups attached to an aromatic ring is 1. The molecule has 2 rings (SSSR count). The summed E-state index contributed by atoms with van der Waals surface area (Å²) in [4.78, 5) is 14.4. The molecule has 21 heavy (non-hydrogen) atoms. The Morgan fingerprint density at radius 3 is 2.57 bits per heavy atom. The zero-order chi connectivity index (χ0) is 15.6. The van der Waals surface area contributed by atoms with Crippen LogP contribution in [0.4, 0.5) is 5.69 Å². The van der Waals surface area contributed by atoms with E-state index >= 15 is 0 Å². The van der Waals surface area contributed by atoms with Gasteiger partial charge in [-0.2, -0.15) is 0 Å². The van der Waals surface area contributed by atoms with Crippen molar-refractivity contribution in [1.29, 1.82) is 0 Å². The largest absolute Gasteiger partial charge is 0.399 e. The number of hydrogen-bond acceptors (Lipinski definition) is 2. The third-order valence-corrected chi connectivity index (χ3v) is 4.65. The zero-order valence-corrected chi connectivity index (χ0v) is 14.0. The molecule has 1 amide bonds. The number of halogens is 1. The number of carbonyl (C=O) groups is 1. The van der Waals surface area contributed by atoms with Crippen molar-refractivity contribution in [3.05, 3.63) is 63.6 Å². The zero-order valence-electron chi connectivity index (χ0n) is 12.4. The summed E-state index contributed by atoms with van der Waals surface area (Å²) in [6.45, 7) is 3.94. The van der Waals surface area contributed by atoms with Gasteiger partial charge in [0.15, 0.2) is 0 Å². The molecule has 0 heterocycles. The first-order chi connectivity index (χ1) is 9.91. The van der Waals surface area contributed by atoms with Gasteiger partial charge in [-0.15, -0.1) is 0 Å². The number of carbonyl (C=O) groups excluding carboxylic acids is 1. The second-order valence-corrected chi connectivity index (χ2v) is 6.03. The van der Waals surface area contributed by atoms with E-state index in [2.05, 4.69) is 15.9 Å². The first kappa shape index (κ1) is 15.6. The monoisotopic (exact) mass is 346 g/mol. The molecule has 0 spiro atoms. The number of amides is 1. The van der Waals surface area contributed by atoms with Gasteiger partial charge in [0.1, 0.15) is 0 Å². The van der Waals surface area contributed by atoms with Crippen molar-refractivity contribution in [3.8, 4) is 0 Å². The van der Waals surface area contributed by atoms with Crippen molar-refractivity contribution in [1.82, 2.24) is 4.90 Å². The fourth-order valence-corrected chi connectivity index (χ4v) is 2.61. The summed E-state index contributed by atoms with van der Waals surface area (Å²) >= 11 is 3.47. The summed E-state index contributed by atoms with van der Waals surface area (Å²) in [6.07, 6.45) is 0. The van der Waals surface area contributed by atoms with Crippen molar-refractivity contribution >= 4 is 27.5 Å². The molecule has 0 aliphatic heterocycles. The second-order valence-electron chi connectivity index (χ2n) is 5.17. The average molecular weight is 347 g/mol. The van der Waals surface area contributed by atoms with Crippen LogP contribution in [0.5, 0.6) is 0 Å². The first-order valence-electron chi connectivity index (χ1n) is 6.79. The van der Waals surface area contributed by atoms with Crippen LogP contribution in [0.15, 0.2) is 46.9 Å². The van der Waals surface area contributed by atoms with E-state index in [1.807, 2.05) is 63.4 Å². The van der Waals surface area contributed by atoms with Crippen LogP contribution in [0.1, 0.15) is 34.5 Å². The van der Waals surface area contributed by atoms with Gasteiger partial charge in [0.2, 0.25) is 0 Å². The van der Waals surface area contributed by atoms with Crippen molar-refractivity contribution in [3.63, 3.8) is 0 Å². The topological polar surface area (TPSA) is 46.3 Å². The summed E-state index contributed by atoms with van der Waals surface area (Å²) in [5.74, 6) is 0.00345. The van der Waals surface area contributed by atoms with Crippen LogP contribution in [0.3, 0.4) is 0 Å². The molecule has 4 heteroatoms. The van der Waals surface area contributed by atoms with E-state index in [1.165, 1.54) is 0 Å². The van der Waals surface area contributed by atoms with E-state index in [0.717, 1.165) is 15.6 Å². The molecule has 2 aromatic carbocycles. The van der Waals surface area contributed by atoms with E-state index in [-0.39, 0.29) is 11.9 Å². The fraction of sp³-hybridized carbons (Fsp3) is 0.235.